The molecule has 0 saturated heterocycles. The molecule has 0 amide bonds. The topological polar surface area (TPSA) is 66.3 Å². The molecule has 1 N–H and O–H groups in total. The number of aromatic carboxylic acids is 1. The van der Waals surface area contributed by atoms with E-state index in [0.717, 1.165) is 25.3 Å². The van der Waals surface area contributed by atoms with E-state index in [1.54, 1.807) is 6.07 Å². The fourth-order valence-corrected chi connectivity index (χ4v) is 3.23. The normalized spacial score (nSPS) is 14.2. The quantitative estimate of drug-likeness (QED) is 0.744. The van der Waals surface area contributed by atoms with E-state index in [0.29, 0.717) is 22.5 Å². The van der Waals surface area contributed by atoms with Crippen LogP contribution in [0, 0.1) is 11.6 Å². The number of anilines is 1. The number of carbonyl (C=O) groups is 1. The Labute approximate surface area is 154 Å². The van der Waals surface area contributed by atoms with Gasteiger partial charge in [0.15, 0.2) is 5.82 Å². The summed E-state index contributed by atoms with van der Waals surface area (Å²) in [6.45, 7) is 0. The Morgan fingerprint density at radius 3 is 2.52 bits per heavy atom. The van der Waals surface area contributed by atoms with Crippen molar-refractivity contribution in [3.8, 4) is 11.3 Å². The van der Waals surface area contributed by atoms with Crippen LogP contribution in [0.3, 0.4) is 0 Å². The van der Waals surface area contributed by atoms with E-state index in [1.165, 1.54) is 24.3 Å². The third-order valence-electron chi connectivity index (χ3n) is 5.04. The van der Waals surface area contributed by atoms with Crippen LogP contribution in [0.2, 0.25) is 0 Å². The van der Waals surface area contributed by atoms with Crippen LogP contribution in [0.15, 0.2) is 36.4 Å². The van der Waals surface area contributed by atoms with E-state index in [9.17, 15) is 18.7 Å². The van der Waals surface area contributed by atoms with Crippen LogP contribution in [0.5, 0.6) is 0 Å². The first-order chi connectivity index (χ1) is 12.9. The predicted octanol–water partition coefficient (Wildman–Crippen LogP) is 4.26. The summed E-state index contributed by atoms with van der Waals surface area (Å²) >= 11 is 0. The van der Waals surface area contributed by atoms with Crippen LogP contribution in [0.4, 0.5) is 14.6 Å². The van der Waals surface area contributed by atoms with Gasteiger partial charge < -0.3 is 10.0 Å². The number of hydrogen-bond donors (Lipinski definition) is 1. The molecule has 1 heterocycles. The summed E-state index contributed by atoms with van der Waals surface area (Å²) in [4.78, 5) is 22.3. The van der Waals surface area contributed by atoms with Gasteiger partial charge in [-0.2, -0.15) is 0 Å². The third-order valence-corrected chi connectivity index (χ3v) is 5.04. The zero-order valence-corrected chi connectivity index (χ0v) is 14.6. The molecule has 2 aromatic carbocycles. The first-order valence-corrected chi connectivity index (χ1v) is 8.67. The summed E-state index contributed by atoms with van der Waals surface area (Å²) < 4.78 is 27.8. The number of benzene rings is 2. The van der Waals surface area contributed by atoms with Crippen molar-refractivity contribution in [1.82, 2.24) is 9.97 Å². The Morgan fingerprint density at radius 1 is 1.11 bits per heavy atom. The van der Waals surface area contributed by atoms with Crippen molar-refractivity contribution in [2.45, 2.75) is 25.3 Å². The van der Waals surface area contributed by atoms with Gasteiger partial charge in [0.2, 0.25) is 0 Å². The number of aromatic nitrogens is 2. The highest BCUT2D eigenvalue weighted by Crippen LogP contribution is 2.35. The van der Waals surface area contributed by atoms with Gasteiger partial charge in [0.25, 0.3) is 0 Å². The number of fused-ring (bicyclic) bond motifs is 1. The van der Waals surface area contributed by atoms with Crippen molar-refractivity contribution < 1.29 is 18.7 Å². The molecule has 0 radical (unpaired) electrons. The zero-order chi connectivity index (χ0) is 19.1. The summed E-state index contributed by atoms with van der Waals surface area (Å²) in [6, 6.07) is 8.05. The number of halogens is 2. The van der Waals surface area contributed by atoms with Crippen LogP contribution >= 0.6 is 0 Å². The predicted molar refractivity (Wildman–Crippen MR) is 97.9 cm³/mol. The molecule has 1 aliphatic rings. The second kappa shape index (κ2) is 6.57. The standard InChI is InChI=1S/C20H17F2N3O2/c1-25(13-3-2-4-13)19-18(14-7-6-12(21)10-15(14)22)23-16-8-5-11(20(26)27)9-17(16)24-19/h5-10,13H,2-4H2,1H3,(H,26,27). The molecule has 1 aliphatic carbocycles. The number of carboxylic acids is 1. The van der Waals surface area contributed by atoms with Gasteiger partial charge in [-0.3, -0.25) is 0 Å². The lowest BCUT2D eigenvalue weighted by Crippen LogP contribution is -2.38. The van der Waals surface area contributed by atoms with Gasteiger partial charge in [0, 0.05) is 24.7 Å². The van der Waals surface area contributed by atoms with Crippen molar-refractivity contribution in [3.63, 3.8) is 0 Å². The van der Waals surface area contributed by atoms with Gasteiger partial charge >= 0.3 is 5.97 Å². The summed E-state index contributed by atoms with van der Waals surface area (Å²) in [5.74, 6) is -1.97. The minimum atomic E-state index is -1.05. The monoisotopic (exact) mass is 369 g/mol. The maximum Gasteiger partial charge on any atom is 0.335 e. The van der Waals surface area contributed by atoms with Crippen molar-refractivity contribution in [2.24, 2.45) is 0 Å². The van der Waals surface area contributed by atoms with Gasteiger partial charge in [-0.15, -0.1) is 0 Å². The maximum absolute atomic E-state index is 14.4. The van der Waals surface area contributed by atoms with Gasteiger partial charge in [-0.25, -0.2) is 23.5 Å². The van der Waals surface area contributed by atoms with Crippen LogP contribution in [-0.2, 0) is 0 Å². The number of carboxylic acid groups (broad SMARTS) is 1. The lowest BCUT2D eigenvalue weighted by molar-refractivity contribution is 0.0697. The molecule has 0 unspecified atom stereocenters. The Balaban J connectivity index is 1.94. The van der Waals surface area contributed by atoms with Gasteiger partial charge in [0.05, 0.1) is 16.6 Å². The molecule has 4 rings (SSSR count). The average Bonchev–Trinajstić information content (AvgIpc) is 2.58. The Morgan fingerprint density at radius 2 is 1.89 bits per heavy atom. The maximum atomic E-state index is 14.4. The van der Waals surface area contributed by atoms with Crippen molar-refractivity contribution in [3.05, 3.63) is 53.6 Å². The molecule has 1 fully saturated rings. The lowest BCUT2D eigenvalue weighted by atomic mass is 9.91. The molecular formula is C20H17F2N3O2. The van der Waals surface area contributed by atoms with Crippen LogP contribution in [0.25, 0.3) is 22.3 Å². The highest BCUT2D eigenvalue weighted by molar-refractivity contribution is 5.93. The first kappa shape index (κ1) is 17.3. The van der Waals surface area contributed by atoms with E-state index in [2.05, 4.69) is 9.97 Å². The van der Waals surface area contributed by atoms with Crippen molar-refractivity contribution >= 4 is 22.8 Å². The van der Waals surface area contributed by atoms with Crippen molar-refractivity contribution in [1.29, 1.82) is 0 Å². The summed E-state index contributed by atoms with van der Waals surface area (Å²) in [7, 11) is 1.87. The minimum absolute atomic E-state index is 0.106. The smallest absolute Gasteiger partial charge is 0.335 e. The largest absolute Gasteiger partial charge is 0.478 e. The molecule has 0 spiro atoms. The van der Waals surface area contributed by atoms with Crippen molar-refractivity contribution in [2.75, 3.05) is 11.9 Å². The van der Waals surface area contributed by atoms with Gasteiger partial charge in [-0.05, 0) is 49.6 Å². The fraction of sp³-hybridized carbons (Fsp3) is 0.250. The molecule has 1 saturated carbocycles. The number of hydrogen-bond acceptors (Lipinski definition) is 4. The average molecular weight is 369 g/mol. The van der Waals surface area contributed by atoms with E-state index in [-0.39, 0.29) is 17.2 Å². The summed E-state index contributed by atoms with van der Waals surface area (Å²) in [5, 5.41) is 9.21. The number of nitrogens with zero attached hydrogens (tertiary/aromatic N) is 3. The second-order valence-electron chi connectivity index (χ2n) is 6.72. The molecule has 0 atom stereocenters. The van der Waals surface area contributed by atoms with Gasteiger partial charge in [0.1, 0.15) is 17.3 Å². The summed E-state index contributed by atoms with van der Waals surface area (Å²) in [5.41, 5.74) is 1.45. The van der Waals surface area contributed by atoms with Gasteiger partial charge in [-0.1, -0.05) is 0 Å². The first-order valence-electron chi connectivity index (χ1n) is 8.67. The highest BCUT2D eigenvalue weighted by Gasteiger charge is 2.27. The Kier molecular flexibility index (Phi) is 4.22. The van der Waals surface area contributed by atoms with E-state index >= 15 is 0 Å². The van der Waals surface area contributed by atoms with E-state index < -0.39 is 17.6 Å². The molecule has 27 heavy (non-hydrogen) atoms. The second-order valence-corrected chi connectivity index (χ2v) is 6.72. The molecule has 3 aromatic rings. The minimum Gasteiger partial charge on any atom is -0.478 e. The summed E-state index contributed by atoms with van der Waals surface area (Å²) in [6.07, 6.45) is 3.10. The fourth-order valence-electron chi connectivity index (χ4n) is 3.23. The van der Waals surface area contributed by atoms with E-state index in [4.69, 9.17) is 0 Å². The number of rotatable bonds is 4. The molecule has 1 aromatic heterocycles. The lowest BCUT2D eigenvalue weighted by Gasteiger charge is -2.36. The third kappa shape index (κ3) is 3.09. The molecular weight excluding hydrogens is 352 g/mol. The zero-order valence-electron chi connectivity index (χ0n) is 14.6. The van der Waals surface area contributed by atoms with Crippen LogP contribution in [0.1, 0.15) is 29.6 Å². The Hall–Kier alpha value is -3.09. The highest BCUT2D eigenvalue weighted by atomic mass is 19.1. The molecule has 138 valence electrons. The molecule has 7 heteroatoms. The van der Waals surface area contributed by atoms with E-state index in [1.807, 2.05) is 11.9 Å². The van der Waals surface area contributed by atoms with Crippen LogP contribution in [-0.4, -0.2) is 34.1 Å². The van der Waals surface area contributed by atoms with Crippen LogP contribution < -0.4 is 4.90 Å². The molecule has 0 bridgehead atoms. The Bertz CT molecular complexity index is 1050. The molecule has 0 aliphatic heterocycles. The molecule has 5 nitrogen and oxygen atoms in total. The SMILES string of the molecule is CN(c1nc2cc(C(=O)O)ccc2nc1-c1ccc(F)cc1F)C1CCC1.